The molecule has 1 aliphatic heterocycles. The summed E-state index contributed by atoms with van der Waals surface area (Å²) in [5.74, 6) is 1.03. The van der Waals surface area contributed by atoms with Crippen LogP contribution in [-0.4, -0.2) is 10.7 Å². The number of nitrogens with zero attached hydrogens (tertiary/aromatic N) is 5. The Morgan fingerprint density at radius 3 is 1.29 bits per heavy atom. The molecule has 0 fully saturated rings. The fourth-order valence-corrected chi connectivity index (χ4v) is 7.73. The molecule has 0 spiro atoms. The molecule has 0 radical (unpaired) electrons. The van der Waals surface area contributed by atoms with Crippen LogP contribution in [0.1, 0.15) is 52.8 Å². The van der Waals surface area contributed by atoms with E-state index in [1.807, 2.05) is 18.3 Å². The Morgan fingerprint density at radius 2 is 0.891 bits per heavy atom. The van der Waals surface area contributed by atoms with Gasteiger partial charge in [-0.2, -0.15) is 5.10 Å². The molecule has 8 rings (SSSR count). The van der Waals surface area contributed by atoms with Crippen molar-refractivity contribution in [2.24, 2.45) is 11.0 Å². The maximum atomic E-state index is 5.38. The molecule has 0 saturated carbocycles. The van der Waals surface area contributed by atoms with Crippen molar-refractivity contribution < 1.29 is 0 Å². The highest BCUT2D eigenvalue weighted by atomic mass is 15.5. The van der Waals surface area contributed by atoms with Crippen LogP contribution in [0.4, 0.5) is 17.2 Å². The van der Waals surface area contributed by atoms with Crippen molar-refractivity contribution >= 4 is 22.9 Å². The summed E-state index contributed by atoms with van der Waals surface area (Å²) in [4.78, 5) is 9.70. The van der Waals surface area contributed by atoms with Gasteiger partial charge in [-0.15, -0.1) is 0 Å². The zero-order valence-electron chi connectivity index (χ0n) is 31.4. The monoisotopic (exact) mass is 717 g/mol. The molecule has 0 bridgehead atoms. The van der Waals surface area contributed by atoms with Crippen molar-refractivity contribution in [3.63, 3.8) is 0 Å². The minimum absolute atomic E-state index is 0.00739. The molecule has 1 aromatic heterocycles. The van der Waals surface area contributed by atoms with Crippen LogP contribution >= 0.6 is 0 Å². The van der Waals surface area contributed by atoms with Crippen molar-refractivity contribution in [1.82, 2.24) is 4.98 Å². The van der Waals surface area contributed by atoms with Crippen LogP contribution in [0.2, 0.25) is 0 Å². The lowest BCUT2D eigenvalue weighted by Crippen LogP contribution is -2.26. The predicted molar refractivity (Wildman–Crippen MR) is 228 cm³/mol. The Kier molecular flexibility index (Phi) is 11.1. The van der Waals surface area contributed by atoms with Gasteiger partial charge in [0.1, 0.15) is 5.82 Å². The second-order valence-corrected chi connectivity index (χ2v) is 14.3. The van der Waals surface area contributed by atoms with Crippen LogP contribution in [0.15, 0.2) is 199 Å². The lowest BCUT2D eigenvalue weighted by molar-refractivity contribution is 0.533. The van der Waals surface area contributed by atoms with Crippen molar-refractivity contribution in [2.75, 3.05) is 14.8 Å². The van der Waals surface area contributed by atoms with Crippen LogP contribution in [-0.2, 0) is 26.2 Å². The summed E-state index contributed by atoms with van der Waals surface area (Å²) in [5, 5.41) is 7.53. The van der Waals surface area contributed by atoms with Gasteiger partial charge in [-0.1, -0.05) is 159 Å². The second kappa shape index (κ2) is 17.1. The minimum Gasteiger partial charge on any atom is -0.363 e. The number of aromatic nitrogens is 1. The Morgan fingerprint density at radius 1 is 0.473 bits per heavy atom. The topological polar surface area (TPSA) is 35.0 Å². The highest BCUT2D eigenvalue weighted by Crippen LogP contribution is 2.42. The zero-order valence-corrected chi connectivity index (χ0v) is 31.4. The molecule has 272 valence electrons. The number of pyridine rings is 1. The number of benzene rings is 6. The summed E-state index contributed by atoms with van der Waals surface area (Å²) < 4.78 is 0. The molecule has 0 saturated heterocycles. The first kappa shape index (κ1) is 35.6. The minimum atomic E-state index is 0.00739. The first-order chi connectivity index (χ1) is 27.2. The third-order valence-corrected chi connectivity index (χ3v) is 10.5. The van der Waals surface area contributed by atoms with Gasteiger partial charge in [0.2, 0.25) is 0 Å². The average molecular weight is 718 g/mol. The van der Waals surface area contributed by atoms with E-state index in [1.54, 1.807) is 0 Å². The van der Waals surface area contributed by atoms with Crippen molar-refractivity contribution in [1.29, 1.82) is 0 Å². The van der Waals surface area contributed by atoms with Gasteiger partial charge >= 0.3 is 0 Å². The van der Waals surface area contributed by atoms with Gasteiger partial charge < -0.3 is 9.80 Å². The van der Waals surface area contributed by atoms with E-state index in [1.165, 1.54) is 39.2 Å². The van der Waals surface area contributed by atoms with E-state index in [9.17, 15) is 0 Å². The largest absolute Gasteiger partial charge is 0.363 e. The Hall–Kier alpha value is -6.46. The molecule has 2 unspecified atom stereocenters. The Bertz CT molecular complexity index is 2160. The molecule has 2 heterocycles. The normalized spacial score (nSPS) is 15.1. The Labute approximate surface area is 325 Å². The summed E-state index contributed by atoms with van der Waals surface area (Å²) in [6.07, 6.45) is 2.80. The lowest BCUT2D eigenvalue weighted by atomic mass is 9.85. The third kappa shape index (κ3) is 8.53. The predicted octanol–water partition coefficient (Wildman–Crippen LogP) is 11.5. The van der Waals surface area contributed by atoms with Crippen LogP contribution in [0.25, 0.3) is 0 Å². The highest BCUT2D eigenvalue weighted by molar-refractivity contribution is 6.05. The number of hydrogen-bond donors (Lipinski definition) is 0. The zero-order chi connectivity index (χ0) is 37.2. The molecular formula is C50H47N5. The standard InChI is InChI=1S/C50H47N5/c1-2-47-49(43-26-30-45(31-27-43)53(35-39-17-7-3-8-18-39)36-40-19-9-4-10-20-40)52-55(48-25-15-16-34-51-48)50(47)44-28-32-46(33-29-44)54(37-41-21-11-5-12-22-41)38-42-23-13-6-14-24-42/h3-34,47,50H,2,35-38H2,1H3. The summed E-state index contributed by atoms with van der Waals surface area (Å²) >= 11 is 0. The fraction of sp³-hybridized carbons (Fsp3) is 0.160. The quantitative estimate of drug-likeness (QED) is 0.112. The van der Waals surface area contributed by atoms with Crippen molar-refractivity contribution in [3.8, 4) is 0 Å². The van der Waals surface area contributed by atoms with Crippen LogP contribution in [0.5, 0.6) is 0 Å². The summed E-state index contributed by atoms with van der Waals surface area (Å²) in [5.41, 5.74) is 11.0. The van der Waals surface area contributed by atoms with Gasteiger partial charge in [-0.3, -0.25) is 0 Å². The molecule has 5 nitrogen and oxygen atoms in total. The lowest BCUT2D eigenvalue weighted by Gasteiger charge is -2.29. The average Bonchev–Trinajstić information content (AvgIpc) is 3.65. The molecular weight excluding hydrogens is 671 g/mol. The molecule has 1 aliphatic rings. The molecule has 55 heavy (non-hydrogen) atoms. The Balaban J connectivity index is 1.09. The third-order valence-electron chi connectivity index (χ3n) is 10.5. The van der Waals surface area contributed by atoms with E-state index >= 15 is 0 Å². The van der Waals surface area contributed by atoms with E-state index in [0.29, 0.717) is 0 Å². The van der Waals surface area contributed by atoms with E-state index in [4.69, 9.17) is 10.1 Å². The number of anilines is 3. The number of hydrogen-bond acceptors (Lipinski definition) is 5. The molecule has 7 aromatic rings. The van der Waals surface area contributed by atoms with Gasteiger partial charge in [0.05, 0.1) is 11.8 Å². The van der Waals surface area contributed by atoms with Crippen LogP contribution < -0.4 is 14.8 Å². The van der Waals surface area contributed by atoms with Crippen molar-refractivity contribution in [2.45, 2.75) is 45.6 Å². The maximum absolute atomic E-state index is 5.38. The fourth-order valence-electron chi connectivity index (χ4n) is 7.73. The molecule has 2 atom stereocenters. The van der Waals surface area contributed by atoms with Gasteiger partial charge in [-0.25, -0.2) is 9.99 Å². The van der Waals surface area contributed by atoms with E-state index in [2.05, 4.69) is 198 Å². The maximum Gasteiger partial charge on any atom is 0.149 e. The molecule has 6 aromatic carbocycles. The number of hydrazone groups is 1. The molecule has 0 amide bonds. The summed E-state index contributed by atoms with van der Waals surface area (Å²) in [7, 11) is 0. The molecule has 5 heteroatoms. The van der Waals surface area contributed by atoms with Crippen LogP contribution in [0, 0.1) is 5.92 Å². The number of rotatable bonds is 14. The van der Waals surface area contributed by atoms with E-state index in [0.717, 1.165) is 49.7 Å². The van der Waals surface area contributed by atoms with Gasteiger partial charge in [-0.05, 0) is 76.2 Å². The first-order valence-corrected chi connectivity index (χ1v) is 19.4. The molecule has 0 N–H and O–H groups in total. The second-order valence-electron chi connectivity index (χ2n) is 14.3. The summed E-state index contributed by atoms with van der Waals surface area (Å²) in [6.45, 7) is 5.59. The first-order valence-electron chi connectivity index (χ1n) is 19.4. The highest BCUT2D eigenvalue weighted by Gasteiger charge is 2.39. The van der Waals surface area contributed by atoms with E-state index in [-0.39, 0.29) is 12.0 Å². The SMILES string of the molecule is CCC1C(c2ccc(N(Cc3ccccc3)Cc3ccccc3)cc2)=NN(c2ccccn2)C1c1ccc(N(Cc2ccccc2)Cc2ccccc2)cc1. The van der Waals surface area contributed by atoms with Gasteiger partial charge in [0.25, 0.3) is 0 Å². The van der Waals surface area contributed by atoms with Gasteiger partial charge in [0, 0.05) is 49.7 Å². The molecule has 0 aliphatic carbocycles. The van der Waals surface area contributed by atoms with Crippen molar-refractivity contribution in [3.05, 3.63) is 228 Å². The van der Waals surface area contributed by atoms with Gasteiger partial charge in [0.15, 0.2) is 0 Å². The van der Waals surface area contributed by atoms with E-state index < -0.39 is 0 Å². The van der Waals surface area contributed by atoms with Crippen LogP contribution in [0.3, 0.4) is 0 Å². The summed E-state index contributed by atoms with van der Waals surface area (Å²) in [6, 6.07) is 67.2. The smallest absolute Gasteiger partial charge is 0.149 e.